The Balaban J connectivity index is 2.26. The molecule has 1 N–H and O–H groups in total. The molecular formula is C17H17NO2S. The van der Waals surface area contributed by atoms with Gasteiger partial charge in [-0.2, -0.15) is 0 Å². The lowest BCUT2D eigenvalue weighted by Gasteiger charge is -2.20. The van der Waals surface area contributed by atoms with Gasteiger partial charge in [0.1, 0.15) is 6.61 Å². The highest BCUT2D eigenvalue weighted by Crippen LogP contribution is 2.22. The summed E-state index contributed by atoms with van der Waals surface area (Å²) in [6.45, 7) is 4.40. The maximum atomic E-state index is 12.6. The van der Waals surface area contributed by atoms with Gasteiger partial charge < -0.3 is 10.0 Å². The van der Waals surface area contributed by atoms with Crippen LogP contribution in [0.3, 0.4) is 0 Å². The summed E-state index contributed by atoms with van der Waals surface area (Å²) in [5, 5.41) is 8.70. The van der Waals surface area contributed by atoms with Crippen LogP contribution in [-0.4, -0.2) is 24.2 Å². The second-order valence-electron chi connectivity index (χ2n) is 4.51. The molecule has 0 aliphatic rings. The monoisotopic (exact) mass is 299 g/mol. The lowest BCUT2D eigenvalue weighted by atomic mass is 10.2. The minimum atomic E-state index is -0.175. The van der Waals surface area contributed by atoms with Crippen LogP contribution in [-0.2, 0) is 0 Å². The summed E-state index contributed by atoms with van der Waals surface area (Å²) in [6, 6.07) is 11.5. The summed E-state index contributed by atoms with van der Waals surface area (Å²) in [5.74, 6) is 5.39. The van der Waals surface area contributed by atoms with Crippen LogP contribution in [0.2, 0.25) is 0 Å². The van der Waals surface area contributed by atoms with Gasteiger partial charge >= 0.3 is 0 Å². The van der Waals surface area contributed by atoms with Gasteiger partial charge in [-0.05, 0) is 43.7 Å². The van der Waals surface area contributed by atoms with E-state index in [1.54, 1.807) is 11.0 Å². The van der Waals surface area contributed by atoms with Crippen molar-refractivity contribution in [1.82, 2.24) is 0 Å². The summed E-state index contributed by atoms with van der Waals surface area (Å²) >= 11 is 1.35. The van der Waals surface area contributed by atoms with E-state index in [2.05, 4.69) is 11.8 Å². The molecular weight excluding hydrogens is 282 g/mol. The summed E-state index contributed by atoms with van der Waals surface area (Å²) < 4.78 is 0. The molecule has 2 aromatic rings. The average Bonchev–Trinajstić information content (AvgIpc) is 2.94. The molecule has 0 fully saturated rings. The smallest absolute Gasteiger partial charge is 0.268 e. The highest BCUT2D eigenvalue weighted by molar-refractivity contribution is 7.14. The van der Waals surface area contributed by atoms with Crippen LogP contribution in [0.15, 0.2) is 36.4 Å². The summed E-state index contributed by atoms with van der Waals surface area (Å²) in [7, 11) is 0. The van der Waals surface area contributed by atoms with Crippen LogP contribution in [0, 0.1) is 18.8 Å². The highest BCUT2D eigenvalue weighted by Gasteiger charge is 2.17. The molecule has 0 aliphatic carbocycles. The van der Waals surface area contributed by atoms with E-state index in [0.29, 0.717) is 11.4 Å². The third kappa shape index (κ3) is 3.72. The van der Waals surface area contributed by atoms with E-state index in [-0.39, 0.29) is 12.5 Å². The number of aliphatic hydroxyl groups is 1. The number of carbonyl (C=O) groups excluding carboxylic acids is 1. The van der Waals surface area contributed by atoms with Crippen molar-refractivity contribution in [2.45, 2.75) is 13.8 Å². The molecule has 0 spiro atoms. The Morgan fingerprint density at radius 3 is 2.81 bits per heavy atom. The summed E-state index contributed by atoms with van der Waals surface area (Å²) in [4.78, 5) is 15.8. The number of amides is 1. The molecule has 21 heavy (non-hydrogen) atoms. The predicted molar refractivity (Wildman–Crippen MR) is 86.8 cm³/mol. The number of carbonyl (C=O) groups is 1. The van der Waals surface area contributed by atoms with Crippen molar-refractivity contribution < 1.29 is 9.90 Å². The van der Waals surface area contributed by atoms with Crippen molar-refractivity contribution >= 4 is 22.9 Å². The zero-order valence-electron chi connectivity index (χ0n) is 12.1. The molecule has 0 bridgehead atoms. The first-order chi connectivity index (χ1) is 10.2. The highest BCUT2D eigenvalue weighted by atomic mass is 32.1. The fourth-order valence-corrected chi connectivity index (χ4v) is 2.85. The Morgan fingerprint density at radius 1 is 1.33 bits per heavy atom. The zero-order valence-corrected chi connectivity index (χ0v) is 12.9. The first kappa shape index (κ1) is 15.3. The van der Waals surface area contributed by atoms with E-state index < -0.39 is 0 Å². The van der Waals surface area contributed by atoms with Gasteiger partial charge in [-0.3, -0.25) is 4.79 Å². The van der Waals surface area contributed by atoms with Gasteiger partial charge in [-0.1, -0.05) is 24.0 Å². The molecule has 1 aromatic heterocycles. The topological polar surface area (TPSA) is 40.5 Å². The molecule has 0 saturated heterocycles. The van der Waals surface area contributed by atoms with E-state index in [4.69, 9.17) is 5.11 Å². The second-order valence-corrected chi connectivity index (χ2v) is 5.60. The molecule has 1 amide bonds. The number of benzene rings is 1. The normalized spacial score (nSPS) is 9.86. The predicted octanol–water partition coefficient (Wildman–Crippen LogP) is 3.07. The summed E-state index contributed by atoms with van der Waals surface area (Å²) in [5.41, 5.74) is 2.03. The average molecular weight is 299 g/mol. The third-order valence-corrected chi connectivity index (χ3v) is 3.97. The Hall–Kier alpha value is -2.09. The number of anilines is 1. The molecule has 0 saturated carbocycles. The van der Waals surface area contributed by atoms with Crippen molar-refractivity contribution in [3.63, 3.8) is 0 Å². The van der Waals surface area contributed by atoms with Crippen molar-refractivity contribution in [2.24, 2.45) is 0 Å². The van der Waals surface area contributed by atoms with E-state index >= 15 is 0 Å². The van der Waals surface area contributed by atoms with Gasteiger partial charge in [-0.15, -0.1) is 11.3 Å². The van der Waals surface area contributed by atoms with E-state index in [9.17, 15) is 4.79 Å². The van der Waals surface area contributed by atoms with Crippen LogP contribution in [0.25, 0.3) is 0 Å². The van der Waals surface area contributed by atoms with Crippen molar-refractivity contribution in [2.75, 3.05) is 18.1 Å². The molecule has 1 heterocycles. The minimum absolute atomic E-state index is 0.0230. The van der Waals surface area contributed by atoms with Crippen LogP contribution >= 0.6 is 11.3 Å². The summed E-state index contributed by atoms with van der Waals surface area (Å²) in [6.07, 6.45) is 0. The molecule has 2 rings (SSSR count). The number of hydrogen-bond acceptors (Lipinski definition) is 3. The maximum absolute atomic E-state index is 12.6. The first-order valence-electron chi connectivity index (χ1n) is 6.73. The number of aliphatic hydroxyl groups excluding tert-OH is 1. The number of hydrogen-bond donors (Lipinski definition) is 1. The molecule has 4 heteroatoms. The first-order valence-corrected chi connectivity index (χ1v) is 7.55. The van der Waals surface area contributed by atoms with Crippen LogP contribution in [0.4, 0.5) is 5.69 Å². The quantitative estimate of drug-likeness (QED) is 0.885. The van der Waals surface area contributed by atoms with Gasteiger partial charge in [0.05, 0.1) is 9.75 Å². The molecule has 3 nitrogen and oxygen atoms in total. The van der Waals surface area contributed by atoms with Crippen molar-refractivity contribution in [3.05, 3.63) is 51.7 Å². The van der Waals surface area contributed by atoms with Crippen molar-refractivity contribution in [3.8, 4) is 11.8 Å². The van der Waals surface area contributed by atoms with E-state index in [1.807, 2.05) is 44.2 Å². The molecule has 1 aromatic carbocycles. The SMILES string of the molecule is CCN(C(=O)c1ccc(C#CCO)s1)c1cccc(C)c1. The molecule has 0 unspecified atom stereocenters. The zero-order chi connectivity index (χ0) is 15.2. The lowest BCUT2D eigenvalue weighted by Crippen LogP contribution is -2.29. The van der Waals surface area contributed by atoms with Crippen LogP contribution in [0.1, 0.15) is 27.0 Å². The number of thiophene rings is 1. The maximum Gasteiger partial charge on any atom is 0.268 e. The fraction of sp³-hybridized carbons (Fsp3) is 0.235. The number of nitrogens with zero attached hydrogens (tertiary/aromatic N) is 1. The third-order valence-electron chi connectivity index (χ3n) is 2.98. The molecule has 0 aliphatic heterocycles. The van der Waals surface area contributed by atoms with Gasteiger partial charge in [0.15, 0.2) is 0 Å². The minimum Gasteiger partial charge on any atom is -0.384 e. The molecule has 0 radical (unpaired) electrons. The van der Waals surface area contributed by atoms with E-state index in [0.717, 1.165) is 16.1 Å². The molecule has 0 atom stereocenters. The molecule has 108 valence electrons. The van der Waals surface area contributed by atoms with Gasteiger partial charge in [0, 0.05) is 12.2 Å². The van der Waals surface area contributed by atoms with E-state index in [1.165, 1.54) is 11.3 Å². The fourth-order valence-electron chi connectivity index (χ4n) is 2.02. The van der Waals surface area contributed by atoms with Gasteiger partial charge in [0.25, 0.3) is 5.91 Å². The Bertz CT molecular complexity index is 694. The van der Waals surface area contributed by atoms with Gasteiger partial charge in [-0.25, -0.2) is 0 Å². The number of rotatable bonds is 3. The standard InChI is InChI=1S/C17H17NO2S/c1-3-18(14-7-4-6-13(2)12-14)17(20)16-10-9-15(21-16)8-5-11-19/h4,6-7,9-10,12,19H,3,11H2,1-2H3. The number of aryl methyl sites for hydroxylation is 1. The lowest BCUT2D eigenvalue weighted by molar-refractivity contribution is 0.0992. The van der Waals surface area contributed by atoms with Crippen LogP contribution < -0.4 is 4.90 Å². The largest absolute Gasteiger partial charge is 0.384 e. The van der Waals surface area contributed by atoms with Gasteiger partial charge in [0.2, 0.25) is 0 Å². The van der Waals surface area contributed by atoms with Crippen LogP contribution in [0.5, 0.6) is 0 Å². The van der Waals surface area contributed by atoms with Crippen molar-refractivity contribution in [1.29, 1.82) is 0 Å². The Morgan fingerprint density at radius 2 is 2.14 bits per heavy atom. The second kappa shape index (κ2) is 7.07. The Kier molecular flexibility index (Phi) is 5.15. The Labute approximate surface area is 128 Å².